The van der Waals surface area contributed by atoms with E-state index in [1.807, 2.05) is 12.1 Å². The van der Waals surface area contributed by atoms with E-state index in [-0.39, 0.29) is 0 Å². The lowest BCUT2D eigenvalue weighted by atomic mass is 10.3. The number of rotatable bonds is 6. The standard InChI is InChI=1S/C12H18O2S2/c1-3-5-13-9-7-11(15)12(16)8-10(9)14-6-4-2/h7-8,15-16H,3-6H2,1-2H3. The molecule has 0 aliphatic carbocycles. The lowest BCUT2D eigenvalue weighted by molar-refractivity contribution is 0.267. The second kappa shape index (κ2) is 6.97. The van der Waals surface area contributed by atoms with Gasteiger partial charge in [0.25, 0.3) is 0 Å². The van der Waals surface area contributed by atoms with E-state index in [1.165, 1.54) is 0 Å². The molecule has 0 atom stereocenters. The van der Waals surface area contributed by atoms with Crippen LogP contribution in [0.5, 0.6) is 11.5 Å². The zero-order valence-corrected chi connectivity index (χ0v) is 11.5. The highest BCUT2D eigenvalue weighted by Crippen LogP contribution is 2.34. The van der Waals surface area contributed by atoms with Gasteiger partial charge in [-0.2, -0.15) is 0 Å². The topological polar surface area (TPSA) is 18.5 Å². The quantitative estimate of drug-likeness (QED) is 0.755. The van der Waals surface area contributed by atoms with Gasteiger partial charge in [0.1, 0.15) is 0 Å². The average molecular weight is 258 g/mol. The number of thiol groups is 2. The zero-order chi connectivity index (χ0) is 12.0. The predicted molar refractivity (Wildman–Crippen MR) is 72.5 cm³/mol. The molecule has 1 aromatic carbocycles. The minimum Gasteiger partial charge on any atom is -0.490 e. The number of ether oxygens (including phenoxy) is 2. The van der Waals surface area contributed by atoms with Crippen LogP contribution in [0.3, 0.4) is 0 Å². The van der Waals surface area contributed by atoms with Gasteiger partial charge in [0.2, 0.25) is 0 Å². The Morgan fingerprint density at radius 3 is 1.56 bits per heavy atom. The summed E-state index contributed by atoms with van der Waals surface area (Å²) in [6.07, 6.45) is 1.94. The minimum atomic E-state index is 0.682. The minimum absolute atomic E-state index is 0.682. The third-order valence-electron chi connectivity index (χ3n) is 1.96. The summed E-state index contributed by atoms with van der Waals surface area (Å²) >= 11 is 8.63. The first-order valence-corrected chi connectivity index (χ1v) is 6.40. The van der Waals surface area contributed by atoms with E-state index in [0.717, 1.165) is 34.1 Å². The molecule has 0 saturated carbocycles. The Balaban J connectivity index is 2.87. The van der Waals surface area contributed by atoms with Crippen molar-refractivity contribution in [2.24, 2.45) is 0 Å². The van der Waals surface area contributed by atoms with E-state index in [4.69, 9.17) is 9.47 Å². The van der Waals surface area contributed by atoms with E-state index < -0.39 is 0 Å². The monoisotopic (exact) mass is 258 g/mol. The molecule has 0 bridgehead atoms. The van der Waals surface area contributed by atoms with Crippen molar-refractivity contribution in [2.75, 3.05) is 13.2 Å². The van der Waals surface area contributed by atoms with Gasteiger partial charge in [0.05, 0.1) is 13.2 Å². The van der Waals surface area contributed by atoms with E-state index in [1.54, 1.807) is 0 Å². The summed E-state index contributed by atoms with van der Waals surface area (Å²) in [5.74, 6) is 1.50. The SMILES string of the molecule is CCCOc1cc(S)c(S)cc1OCCC. The van der Waals surface area contributed by atoms with Gasteiger partial charge < -0.3 is 9.47 Å². The lowest BCUT2D eigenvalue weighted by Gasteiger charge is -2.13. The van der Waals surface area contributed by atoms with Gasteiger partial charge in [0.15, 0.2) is 11.5 Å². The fourth-order valence-corrected chi connectivity index (χ4v) is 1.55. The van der Waals surface area contributed by atoms with Crippen molar-refractivity contribution >= 4 is 25.3 Å². The molecule has 1 rings (SSSR count). The third-order valence-corrected chi connectivity index (χ3v) is 2.88. The Morgan fingerprint density at radius 2 is 1.25 bits per heavy atom. The number of benzene rings is 1. The van der Waals surface area contributed by atoms with Crippen LogP contribution in [0, 0.1) is 0 Å². The van der Waals surface area contributed by atoms with Crippen molar-refractivity contribution in [3.8, 4) is 11.5 Å². The van der Waals surface area contributed by atoms with Crippen LogP contribution in [0.15, 0.2) is 21.9 Å². The number of hydrogen-bond donors (Lipinski definition) is 2. The highest BCUT2D eigenvalue weighted by molar-refractivity contribution is 7.83. The van der Waals surface area contributed by atoms with Gasteiger partial charge in [-0.05, 0) is 25.0 Å². The van der Waals surface area contributed by atoms with Crippen molar-refractivity contribution in [1.29, 1.82) is 0 Å². The number of hydrogen-bond acceptors (Lipinski definition) is 4. The fraction of sp³-hybridized carbons (Fsp3) is 0.500. The van der Waals surface area contributed by atoms with Crippen molar-refractivity contribution < 1.29 is 9.47 Å². The molecule has 0 aliphatic heterocycles. The summed E-state index contributed by atoms with van der Waals surface area (Å²) in [7, 11) is 0. The van der Waals surface area contributed by atoms with Crippen LogP contribution in [0.4, 0.5) is 0 Å². The highest BCUT2D eigenvalue weighted by atomic mass is 32.1. The maximum Gasteiger partial charge on any atom is 0.162 e. The molecule has 0 heterocycles. The van der Waals surface area contributed by atoms with Gasteiger partial charge >= 0.3 is 0 Å². The largest absolute Gasteiger partial charge is 0.490 e. The molecule has 90 valence electrons. The summed E-state index contributed by atoms with van der Waals surface area (Å²) in [6, 6.07) is 3.71. The molecule has 0 radical (unpaired) electrons. The molecule has 0 aromatic heterocycles. The Morgan fingerprint density at radius 1 is 0.875 bits per heavy atom. The normalized spacial score (nSPS) is 10.2. The first-order chi connectivity index (χ1) is 7.69. The average Bonchev–Trinajstić information content (AvgIpc) is 2.28. The van der Waals surface area contributed by atoms with E-state index >= 15 is 0 Å². The van der Waals surface area contributed by atoms with Crippen LogP contribution in [0.2, 0.25) is 0 Å². The molecule has 0 unspecified atom stereocenters. The van der Waals surface area contributed by atoms with Gasteiger partial charge in [-0.25, -0.2) is 0 Å². The van der Waals surface area contributed by atoms with E-state index in [2.05, 4.69) is 39.1 Å². The summed E-state index contributed by atoms with van der Waals surface area (Å²) < 4.78 is 11.2. The second-order valence-corrected chi connectivity index (χ2v) is 4.45. The smallest absolute Gasteiger partial charge is 0.162 e. The molecular weight excluding hydrogens is 240 g/mol. The Labute approximate surface area is 108 Å². The van der Waals surface area contributed by atoms with Crippen molar-refractivity contribution in [3.05, 3.63) is 12.1 Å². The zero-order valence-electron chi connectivity index (χ0n) is 9.69. The summed E-state index contributed by atoms with van der Waals surface area (Å²) in [5.41, 5.74) is 0. The summed E-state index contributed by atoms with van der Waals surface area (Å²) in [6.45, 7) is 5.51. The van der Waals surface area contributed by atoms with Crippen molar-refractivity contribution in [1.82, 2.24) is 0 Å². The molecule has 0 N–H and O–H groups in total. The Hall–Kier alpha value is -0.480. The summed E-state index contributed by atoms with van der Waals surface area (Å²) in [4.78, 5) is 1.61. The molecule has 0 saturated heterocycles. The maximum absolute atomic E-state index is 5.61. The lowest BCUT2D eigenvalue weighted by Crippen LogP contribution is -2.01. The van der Waals surface area contributed by atoms with Crippen LogP contribution < -0.4 is 9.47 Å². The van der Waals surface area contributed by atoms with Crippen LogP contribution in [-0.2, 0) is 0 Å². The van der Waals surface area contributed by atoms with E-state index in [0.29, 0.717) is 13.2 Å². The van der Waals surface area contributed by atoms with Crippen LogP contribution in [0.25, 0.3) is 0 Å². The molecular formula is C12H18O2S2. The third kappa shape index (κ3) is 3.83. The first-order valence-electron chi connectivity index (χ1n) is 5.50. The first kappa shape index (κ1) is 13.6. The molecule has 0 spiro atoms. The van der Waals surface area contributed by atoms with Crippen molar-refractivity contribution in [3.63, 3.8) is 0 Å². The molecule has 16 heavy (non-hydrogen) atoms. The Kier molecular flexibility index (Phi) is 5.91. The van der Waals surface area contributed by atoms with Crippen molar-refractivity contribution in [2.45, 2.75) is 36.5 Å². The Bertz CT molecular complexity index is 307. The van der Waals surface area contributed by atoms with Gasteiger partial charge in [-0.15, -0.1) is 25.3 Å². The molecule has 1 aromatic rings. The van der Waals surface area contributed by atoms with Gasteiger partial charge in [0, 0.05) is 9.79 Å². The molecule has 0 aliphatic rings. The molecule has 2 nitrogen and oxygen atoms in total. The predicted octanol–water partition coefficient (Wildman–Crippen LogP) is 3.84. The fourth-order valence-electron chi connectivity index (χ4n) is 1.19. The molecule has 0 fully saturated rings. The van der Waals surface area contributed by atoms with Gasteiger partial charge in [-0.1, -0.05) is 13.8 Å². The van der Waals surface area contributed by atoms with Crippen LogP contribution >= 0.6 is 25.3 Å². The highest BCUT2D eigenvalue weighted by Gasteiger charge is 2.08. The second-order valence-electron chi connectivity index (χ2n) is 3.48. The van der Waals surface area contributed by atoms with Gasteiger partial charge in [-0.3, -0.25) is 0 Å². The molecule has 4 heteroatoms. The summed E-state index contributed by atoms with van der Waals surface area (Å²) in [5, 5.41) is 0. The maximum atomic E-state index is 5.61. The molecule has 0 amide bonds. The van der Waals surface area contributed by atoms with E-state index in [9.17, 15) is 0 Å². The van der Waals surface area contributed by atoms with Crippen LogP contribution in [-0.4, -0.2) is 13.2 Å². The van der Waals surface area contributed by atoms with Crippen LogP contribution in [0.1, 0.15) is 26.7 Å².